The second-order valence-corrected chi connectivity index (χ2v) is 13.6. The molecule has 2 saturated heterocycles. The van der Waals surface area contributed by atoms with Crippen LogP contribution in [-0.4, -0.2) is 51.4 Å². The minimum Gasteiger partial charge on any atom is -0.352 e. The molecule has 0 radical (unpaired) electrons. The van der Waals surface area contributed by atoms with Gasteiger partial charge in [0.2, 0.25) is 11.8 Å². The van der Waals surface area contributed by atoms with Gasteiger partial charge in [-0.15, -0.1) is 0 Å². The molecule has 0 unspecified atom stereocenters. The highest BCUT2D eigenvalue weighted by molar-refractivity contribution is 6.36. The van der Waals surface area contributed by atoms with Gasteiger partial charge in [0.15, 0.2) is 0 Å². The van der Waals surface area contributed by atoms with Crippen LogP contribution in [-0.2, 0) is 22.7 Å². The van der Waals surface area contributed by atoms with E-state index < -0.39 is 0 Å². The van der Waals surface area contributed by atoms with Crippen LogP contribution >= 0.6 is 23.2 Å². The van der Waals surface area contributed by atoms with Crippen molar-refractivity contribution in [1.29, 1.82) is 0 Å². The second kappa shape index (κ2) is 14.7. The van der Waals surface area contributed by atoms with Gasteiger partial charge in [-0.25, -0.2) is 9.97 Å². The fraction of sp³-hybridized carbons (Fsp3) is 0.289. The van der Waals surface area contributed by atoms with Crippen molar-refractivity contribution in [2.24, 2.45) is 0 Å². The molecule has 5 heterocycles. The zero-order valence-electron chi connectivity index (χ0n) is 27.6. The Morgan fingerprint density at radius 2 is 1.44 bits per heavy atom. The number of pyridine rings is 2. The maximum absolute atomic E-state index is 13.3. The van der Waals surface area contributed by atoms with Crippen LogP contribution in [0.2, 0.25) is 10.2 Å². The van der Waals surface area contributed by atoms with Gasteiger partial charge in [-0.05, 0) is 60.2 Å². The average Bonchev–Trinajstić information content (AvgIpc) is 3.73. The Kier molecular flexibility index (Phi) is 9.96. The molecule has 2 fully saturated rings. The van der Waals surface area contributed by atoms with Crippen LogP contribution in [0.15, 0.2) is 77.9 Å². The number of rotatable bonds is 11. The third-order valence-corrected chi connectivity index (χ3v) is 10.2. The number of hydrogen-bond donors (Lipinski definition) is 4. The van der Waals surface area contributed by atoms with Crippen LogP contribution in [0.1, 0.15) is 42.4 Å². The van der Waals surface area contributed by atoms with Crippen molar-refractivity contribution in [3.8, 4) is 33.5 Å². The molecule has 256 valence electrons. The van der Waals surface area contributed by atoms with Gasteiger partial charge in [0.25, 0.3) is 5.56 Å². The van der Waals surface area contributed by atoms with E-state index in [1.807, 2.05) is 54.6 Å². The van der Waals surface area contributed by atoms with Gasteiger partial charge in [0.1, 0.15) is 10.8 Å². The van der Waals surface area contributed by atoms with E-state index in [0.717, 1.165) is 51.8 Å². The standard InChI is InChI=1S/C38H37Cl2N7O3/c1-22-28(23-14-15-47-33(16-23)43-19-25(38(47)50)18-42-21-27-10-13-35(49)45-27)4-2-5-29(22)30-6-3-7-31(36(30)39)32-11-8-24(37(40)46-32)17-41-20-26-9-12-34(48)44-26/h2-8,11,14-16,19,26-27,41-42H,9-10,12-13,17-18,20-21H2,1H3,(H,44,48)(H,45,49)/t26-,27-/m0/s1. The minimum atomic E-state index is -0.129. The lowest BCUT2D eigenvalue weighted by Gasteiger charge is -2.16. The highest BCUT2D eigenvalue weighted by Gasteiger charge is 2.22. The average molecular weight is 711 g/mol. The normalized spacial score (nSPS) is 17.3. The number of carbonyl (C=O) groups is 2. The Labute approximate surface area is 299 Å². The highest BCUT2D eigenvalue weighted by atomic mass is 35.5. The predicted octanol–water partition coefficient (Wildman–Crippen LogP) is 5.44. The van der Waals surface area contributed by atoms with Crippen molar-refractivity contribution in [3.63, 3.8) is 0 Å². The van der Waals surface area contributed by atoms with Crippen LogP contribution in [0.5, 0.6) is 0 Å². The van der Waals surface area contributed by atoms with Gasteiger partial charge in [-0.1, -0.05) is 65.7 Å². The Morgan fingerprint density at radius 1 is 0.800 bits per heavy atom. The van der Waals surface area contributed by atoms with Crippen molar-refractivity contribution < 1.29 is 9.59 Å². The molecule has 0 bridgehead atoms. The van der Waals surface area contributed by atoms with E-state index in [1.165, 1.54) is 0 Å². The highest BCUT2D eigenvalue weighted by Crippen LogP contribution is 2.40. The molecule has 2 amide bonds. The van der Waals surface area contributed by atoms with E-state index >= 15 is 0 Å². The molecule has 7 rings (SSSR count). The van der Waals surface area contributed by atoms with Crippen LogP contribution in [0.3, 0.4) is 0 Å². The van der Waals surface area contributed by atoms with E-state index in [0.29, 0.717) is 66.1 Å². The lowest BCUT2D eigenvalue weighted by molar-refractivity contribution is -0.120. The number of nitrogens with one attached hydrogen (secondary N) is 4. The topological polar surface area (TPSA) is 130 Å². The molecule has 2 aromatic carbocycles. The molecule has 2 aliphatic heterocycles. The van der Waals surface area contributed by atoms with E-state index in [2.05, 4.69) is 44.2 Å². The van der Waals surface area contributed by atoms with Crippen LogP contribution in [0, 0.1) is 6.92 Å². The number of fused-ring (bicyclic) bond motifs is 1. The lowest BCUT2D eigenvalue weighted by Crippen LogP contribution is -2.36. The van der Waals surface area contributed by atoms with E-state index in [9.17, 15) is 14.4 Å². The van der Waals surface area contributed by atoms with Crippen LogP contribution < -0.4 is 26.8 Å². The van der Waals surface area contributed by atoms with Crippen molar-refractivity contribution in [2.75, 3.05) is 13.1 Å². The molecule has 0 spiro atoms. The Balaban J connectivity index is 1.09. The van der Waals surface area contributed by atoms with Gasteiger partial charge >= 0.3 is 0 Å². The molecule has 0 aliphatic carbocycles. The van der Waals surface area contributed by atoms with Gasteiger partial charge < -0.3 is 21.3 Å². The summed E-state index contributed by atoms with van der Waals surface area (Å²) < 4.78 is 1.56. The first-order valence-corrected chi connectivity index (χ1v) is 17.6. The third-order valence-electron chi connectivity index (χ3n) is 9.50. The number of halogens is 2. The smallest absolute Gasteiger partial charge is 0.262 e. The summed E-state index contributed by atoms with van der Waals surface area (Å²) in [6.45, 7) is 4.25. The molecule has 10 nitrogen and oxygen atoms in total. The maximum Gasteiger partial charge on any atom is 0.262 e. The number of nitrogens with zero attached hydrogens (tertiary/aromatic N) is 3. The van der Waals surface area contributed by atoms with Gasteiger partial charge in [0.05, 0.1) is 10.7 Å². The summed E-state index contributed by atoms with van der Waals surface area (Å²) in [4.78, 5) is 45.5. The Morgan fingerprint density at radius 3 is 2.10 bits per heavy atom. The Hall–Kier alpha value is -4.61. The summed E-state index contributed by atoms with van der Waals surface area (Å²) in [5.41, 5.74) is 8.11. The van der Waals surface area contributed by atoms with Crippen molar-refractivity contribution >= 4 is 40.7 Å². The third kappa shape index (κ3) is 7.15. The van der Waals surface area contributed by atoms with Crippen molar-refractivity contribution in [1.82, 2.24) is 35.6 Å². The number of aromatic nitrogens is 3. The summed E-state index contributed by atoms with van der Waals surface area (Å²) in [5.74, 6) is 0.165. The molecule has 50 heavy (non-hydrogen) atoms. The maximum atomic E-state index is 13.3. The quantitative estimate of drug-likeness (QED) is 0.134. The molecule has 0 saturated carbocycles. The van der Waals surface area contributed by atoms with Gasteiger partial charge in [-0.3, -0.25) is 18.8 Å². The monoisotopic (exact) mass is 709 g/mol. The first kappa shape index (κ1) is 33.9. The fourth-order valence-corrected chi connectivity index (χ4v) is 7.29. The molecule has 5 aromatic rings. The summed E-state index contributed by atoms with van der Waals surface area (Å²) >= 11 is 13.7. The summed E-state index contributed by atoms with van der Waals surface area (Å²) in [6, 6.07) is 20.0. The molecular weight excluding hydrogens is 673 g/mol. The zero-order valence-corrected chi connectivity index (χ0v) is 29.1. The number of carbonyl (C=O) groups excluding carboxylic acids is 2. The van der Waals surface area contributed by atoms with Crippen molar-refractivity contribution in [3.05, 3.63) is 110 Å². The molecule has 12 heteroatoms. The zero-order chi connectivity index (χ0) is 34.8. The van der Waals surface area contributed by atoms with E-state index in [1.54, 1.807) is 16.8 Å². The molecule has 4 N–H and O–H groups in total. The lowest BCUT2D eigenvalue weighted by atomic mass is 9.92. The predicted molar refractivity (Wildman–Crippen MR) is 196 cm³/mol. The van der Waals surface area contributed by atoms with Crippen LogP contribution in [0.4, 0.5) is 0 Å². The van der Waals surface area contributed by atoms with Crippen molar-refractivity contribution in [2.45, 2.75) is 57.8 Å². The summed E-state index contributed by atoms with van der Waals surface area (Å²) in [7, 11) is 0. The summed E-state index contributed by atoms with van der Waals surface area (Å²) in [6.07, 6.45) is 6.13. The largest absolute Gasteiger partial charge is 0.352 e. The Bertz CT molecular complexity index is 2170. The van der Waals surface area contributed by atoms with Gasteiger partial charge in [-0.2, -0.15) is 0 Å². The fourth-order valence-electron chi connectivity index (χ4n) is 6.75. The summed E-state index contributed by atoms with van der Waals surface area (Å²) in [5, 5.41) is 13.5. The second-order valence-electron chi connectivity index (χ2n) is 12.9. The molecule has 2 atom stereocenters. The first-order chi connectivity index (χ1) is 24.2. The van der Waals surface area contributed by atoms with E-state index in [-0.39, 0.29) is 29.5 Å². The van der Waals surface area contributed by atoms with Crippen LogP contribution in [0.25, 0.3) is 39.2 Å². The first-order valence-electron chi connectivity index (χ1n) is 16.8. The van der Waals surface area contributed by atoms with E-state index in [4.69, 9.17) is 23.2 Å². The molecular formula is C38H37Cl2N7O3. The SMILES string of the molecule is Cc1c(-c2ccn3c(=O)c(CNC[C@@H]4CCC(=O)N4)cnc3c2)cccc1-c1cccc(-c2ccc(CNC[C@@H]3CCC(=O)N3)c(Cl)n2)c1Cl. The molecule has 3 aromatic heterocycles. The minimum absolute atomic E-state index is 0.0695. The molecule has 2 aliphatic rings. The number of benzene rings is 2. The number of amides is 2. The van der Waals surface area contributed by atoms with Gasteiger partial charge in [0, 0.05) is 85.8 Å². The number of hydrogen-bond acceptors (Lipinski definition) is 7.